The second kappa shape index (κ2) is 8.96. The van der Waals surface area contributed by atoms with Crippen LogP contribution in [0.5, 0.6) is 0 Å². The Morgan fingerprint density at radius 2 is 1.85 bits per heavy atom. The molecule has 0 fully saturated rings. The van der Waals surface area contributed by atoms with Gasteiger partial charge < -0.3 is 20.7 Å². The number of methoxy groups -OCH3 is 1. The van der Waals surface area contributed by atoms with E-state index < -0.39 is 17.9 Å². The third-order valence-corrected chi connectivity index (χ3v) is 4.11. The van der Waals surface area contributed by atoms with Gasteiger partial charge in [-0.05, 0) is 16.3 Å². The zero-order chi connectivity index (χ0) is 19.1. The number of hydrogen-bond acceptors (Lipinski definition) is 5. The van der Waals surface area contributed by atoms with Crippen molar-refractivity contribution >= 4 is 28.6 Å². The number of esters is 1. The van der Waals surface area contributed by atoms with Crippen molar-refractivity contribution in [3.63, 3.8) is 0 Å². The fourth-order valence-corrected chi connectivity index (χ4v) is 2.80. The monoisotopic (exact) mass is 357 g/mol. The number of fused-ring (bicyclic) bond motifs is 1. The number of amides is 2. The Kier molecular flexibility index (Phi) is 6.68. The molecule has 26 heavy (non-hydrogen) atoms. The molecule has 2 aromatic rings. The van der Waals surface area contributed by atoms with Gasteiger partial charge in [0.15, 0.2) is 0 Å². The predicted molar refractivity (Wildman–Crippen MR) is 98.0 cm³/mol. The second-order valence-electron chi connectivity index (χ2n) is 5.84. The molecule has 0 radical (unpaired) electrons. The van der Waals surface area contributed by atoms with Gasteiger partial charge in [-0.3, -0.25) is 9.59 Å². The van der Waals surface area contributed by atoms with Crippen LogP contribution >= 0.6 is 0 Å². The molecular weight excluding hydrogens is 334 g/mol. The summed E-state index contributed by atoms with van der Waals surface area (Å²) in [5.74, 6) is -1.32. The summed E-state index contributed by atoms with van der Waals surface area (Å²) in [6.45, 7) is 1.22. The molecule has 0 saturated heterocycles. The normalized spacial score (nSPS) is 11.7. The molecule has 7 heteroatoms. The molecule has 7 nitrogen and oxygen atoms in total. The Bertz CT molecular complexity index is 801. The number of rotatable bonds is 7. The van der Waals surface area contributed by atoms with E-state index in [0.29, 0.717) is 0 Å². The Balaban J connectivity index is 2.39. The summed E-state index contributed by atoms with van der Waals surface area (Å²) in [7, 11) is 1.24. The van der Waals surface area contributed by atoms with Crippen LogP contribution in [0.4, 0.5) is 0 Å². The van der Waals surface area contributed by atoms with Crippen LogP contribution in [0.25, 0.3) is 10.8 Å². The molecule has 0 saturated carbocycles. The molecule has 0 aromatic heterocycles. The maximum atomic E-state index is 12.4. The number of nitrogens with zero attached hydrogens (tertiary/aromatic N) is 1. The first kappa shape index (κ1) is 19.4. The lowest BCUT2D eigenvalue weighted by molar-refractivity contribution is -0.153. The van der Waals surface area contributed by atoms with Crippen molar-refractivity contribution in [3.8, 4) is 0 Å². The molecule has 0 spiro atoms. The van der Waals surface area contributed by atoms with Crippen molar-refractivity contribution in [2.75, 3.05) is 20.2 Å². The molecule has 3 N–H and O–H groups in total. The first-order valence-electron chi connectivity index (χ1n) is 8.26. The van der Waals surface area contributed by atoms with Crippen LogP contribution < -0.4 is 11.1 Å². The van der Waals surface area contributed by atoms with E-state index in [1.165, 1.54) is 18.9 Å². The van der Waals surface area contributed by atoms with Gasteiger partial charge in [0.05, 0.1) is 13.7 Å². The summed E-state index contributed by atoms with van der Waals surface area (Å²) < 4.78 is 4.82. The largest absolute Gasteiger partial charge is 0.467 e. The minimum atomic E-state index is -0.959. The summed E-state index contributed by atoms with van der Waals surface area (Å²) in [6, 6.07) is 12.6. The number of hydrogen-bond donors (Lipinski definition) is 2. The van der Waals surface area contributed by atoms with Gasteiger partial charge in [-0.2, -0.15) is 0 Å². The van der Waals surface area contributed by atoms with Gasteiger partial charge in [0.25, 0.3) is 0 Å². The zero-order valence-corrected chi connectivity index (χ0v) is 14.9. The molecule has 2 aromatic carbocycles. The predicted octanol–water partition coefficient (Wildman–Crippen LogP) is 0.805. The lowest BCUT2D eigenvalue weighted by Gasteiger charge is -2.30. The van der Waals surface area contributed by atoms with Crippen LogP contribution in [0.1, 0.15) is 12.5 Å². The van der Waals surface area contributed by atoms with Gasteiger partial charge in [-0.1, -0.05) is 42.5 Å². The summed E-state index contributed by atoms with van der Waals surface area (Å²) in [5, 5.41) is 4.58. The first-order chi connectivity index (χ1) is 12.5. The van der Waals surface area contributed by atoms with E-state index in [0.717, 1.165) is 16.3 Å². The SMILES string of the molecule is COC(=O)C(CNC(C)=O)N(Cc1cccc2ccccc12)C(=O)CN. The molecule has 2 amide bonds. The third kappa shape index (κ3) is 4.58. The molecule has 1 atom stereocenters. The van der Waals surface area contributed by atoms with E-state index in [1.54, 1.807) is 0 Å². The van der Waals surface area contributed by atoms with Gasteiger partial charge >= 0.3 is 5.97 Å². The average Bonchev–Trinajstić information content (AvgIpc) is 2.66. The Labute approximate surface area is 152 Å². The maximum absolute atomic E-state index is 12.4. The smallest absolute Gasteiger partial charge is 0.330 e. The van der Waals surface area contributed by atoms with E-state index in [2.05, 4.69) is 5.32 Å². The van der Waals surface area contributed by atoms with Crippen molar-refractivity contribution in [2.24, 2.45) is 5.73 Å². The van der Waals surface area contributed by atoms with Crippen LogP contribution in [0, 0.1) is 0 Å². The zero-order valence-electron chi connectivity index (χ0n) is 14.9. The molecule has 0 heterocycles. The molecule has 0 aliphatic heterocycles. The first-order valence-corrected chi connectivity index (χ1v) is 8.26. The Morgan fingerprint density at radius 1 is 1.15 bits per heavy atom. The van der Waals surface area contributed by atoms with Crippen molar-refractivity contribution in [1.29, 1.82) is 0 Å². The number of ether oxygens (including phenoxy) is 1. The highest BCUT2D eigenvalue weighted by atomic mass is 16.5. The fraction of sp³-hybridized carbons (Fsp3) is 0.316. The number of carbonyl (C=O) groups excluding carboxylic acids is 3. The maximum Gasteiger partial charge on any atom is 0.330 e. The fourth-order valence-electron chi connectivity index (χ4n) is 2.80. The van der Waals surface area contributed by atoms with E-state index >= 15 is 0 Å². The van der Waals surface area contributed by atoms with Crippen LogP contribution in [0.2, 0.25) is 0 Å². The van der Waals surface area contributed by atoms with Crippen molar-refractivity contribution in [1.82, 2.24) is 10.2 Å². The summed E-state index contributed by atoms with van der Waals surface area (Å²) in [6.07, 6.45) is 0. The van der Waals surface area contributed by atoms with E-state index in [-0.39, 0.29) is 25.5 Å². The Morgan fingerprint density at radius 3 is 2.50 bits per heavy atom. The molecule has 2 rings (SSSR count). The van der Waals surface area contributed by atoms with Gasteiger partial charge in [0, 0.05) is 20.0 Å². The second-order valence-corrected chi connectivity index (χ2v) is 5.84. The number of nitrogens with two attached hydrogens (primary N) is 1. The lowest BCUT2D eigenvalue weighted by atomic mass is 10.0. The summed E-state index contributed by atoms with van der Waals surface area (Å²) in [5.41, 5.74) is 6.42. The van der Waals surface area contributed by atoms with E-state index in [9.17, 15) is 14.4 Å². The molecule has 0 aliphatic rings. The van der Waals surface area contributed by atoms with Crippen molar-refractivity contribution < 1.29 is 19.1 Å². The van der Waals surface area contributed by atoms with Crippen molar-refractivity contribution in [3.05, 3.63) is 48.0 Å². The minimum absolute atomic E-state index is 0.0431. The van der Waals surface area contributed by atoms with Crippen LogP contribution in [-0.2, 0) is 25.7 Å². The standard InChI is InChI=1S/C19H23N3O4/c1-13(23)21-11-17(19(25)26-2)22(18(24)10-20)12-15-8-5-7-14-6-3-4-9-16(14)15/h3-9,17H,10-12,20H2,1-2H3,(H,21,23). The average molecular weight is 357 g/mol. The number of nitrogens with one attached hydrogen (secondary N) is 1. The molecule has 138 valence electrons. The van der Waals surface area contributed by atoms with Crippen LogP contribution in [-0.4, -0.2) is 48.9 Å². The number of carbonyl (C=O) groups is 3. The van der Waals surface area contributed by atoms with E-state index in [4.69, 9.17) is 10.5 Å². The van der Waals surface area contributed by atoms with Crippen LogP contribution in [0.3, 0.4) is 0 Å². The van der Waals surface area contributed by atoms with Gasteiger partial charge in [-0.25, -0.2) is 4.79 Å². The molecule has 1 unspecified atom stereocenters. The highest BCUT2D eigenvalue weighted by molar-refractivity contribution is 5.88. The lowest BCUT2D eigenvalue weighted by Crippen LogP contribution is -2.52. The summed E-state index contributed by atoms with van der Waals surface area (Å²) >= 11 is 0. The van der Waals surface area contributed by atoms with E-state index in [1.807, 2.05) is 42.5 Å². The number of benzene rings is 2. The topological polar surface area (TPSA) is 102 Å². The molecule has 0 aliphatic carbocycles. The third-order valence-electron chi connectivity index (χ3n) is 4.11. The van der Waals surface area contributed by atoms with Gasteiger partial charge in [0.2, 0.25) is 11.8 Å². The molecular formula is C19H23N3O4. The quantitative estimate of drug-likeness (QED) is 0.714. The van der Waals surface area contributed by atoms with Gasteiger partial charge in [0.1, 0.15) is 6.04 Å². The highest BCUT2D eigenvalue weighted by Crippen LogP contribution is 2.21. The molecule has 0 bridgehead atoms. The summed E-state index contributed by atoms with van der Waals surface area (Å²) in [4.78, 5) is 37.3. The van der Waals surface area contributed by atoms with Gasteiger partial charge in [-0.15, -0.1) is 0 Å². The van der Waals surface area contributed by atoms with Crippen molar-refractivity contribution in [2.45, 2.75) is 19.5 Å². The Hall–Kier alpha value is -2.93. The highest BCUT2D eigenvalue weighted by Gasteiger charge is 2.30. The van der Waals surface area contributed by atoms with Crippen LogP contribution in [0.15, 0.2) is 42.5 Å². The minimum Gasteiger partial charge on any atom is -0.467 e.